The number of amides is 1. The standard InChI is InChI=1S/C10H13Br2NO3S/c1-5(2)6(7(14)16-3)13-8(15)10(11,12)9(13)17-4/h9H,1-4H3/t9-/m0/s1. The van der Waals surface area contributed by atoms with Crippen LogP contribution in [0.15, 0.2) is 11.3 Å². The molecule has 0 unspecified atom stereocenters. The molecule has 0 radical (unpaired) electrons. The number of alkyl halides is 2. The second kappa shape index (κ2) is 5.32. The smallest absolute Gasteiger partial charge is 0.354 e. The molecule has 7 heteroatoms. The number of halogens is 2. The molecule has 1 amide bonds. The second-order valence-corrected chi connectivity index (χ2v) is 8.21. The van der Waals surface area contributed by atoms with Crippen molar-refractivity contribution in [2.75, 3.05) is 13.4 Å². The van der Waals surface area contributed by atoms with Gasteiger partial charge in [-0.1, -0.05) is 31.9 Å². The highest BCUT2D eigenvalue weighted by Crippen LogP contribution is 2.50. The summed E-state index contributed by atoms with van der Waals surface area (Å²) < 4.78 is 3.91. The van der Waals surface area contributed by atoms with E-state index in [9.17, 15) is 9.59 Å². The Bertz CT molecular complexity index is 391. The van der Waals surface area contributed by atoms with Gasteiger partial charge >= 0.3 is 5.97 Å². The zero-order valence-electron chi connectivity index (χ0n) is 9.91. The third-order valence-corrected chi connectivity index (χ3v) is 5.53. The number of carbonyl (C=O) groups excluding carboxylic acids is 2. The lowest BCUT2D eigenvalue weighted by atomic mass is 10.1. The van der Waals surface area contributed by atoms with Crippen molar-refractivity contribution < 1.29 is 14.3 Å². The van der Waals surface area contributed by atoms with Crippen LogP contribution in [0, 0.1) is 0 Å². The van der Waals surface area contributed by atoms with E-state index in [-0.39, 0.29) is 11.3 Å². The number of thioether (sulfide) groups is 1. The fourth-order valence-corrected chi connectivity index (χ4v) is 4.30. The van der Waals surface area contributed by atoms with Crippen LogP contribution in [0.3, 0.4) is 0 Å². The number of hydrogen-bond acceptors (Lipinski definition) is 4. The molecule has 0 aromatic rings. The Morgan fingerprint density at radius 1 is 1.47 bits per heavy atom. The summed E-state index contributed by atoms with van der Waals surface area (Å²) in [4.78, 5) is 25.1. The molecule has 0 N–H and O–H groups in total. The van der Waals surface area contributed by atoms with Crippen LogP contribution in [-0.2, 0) is 14.3 Å². The van der Waals surface area contributed by atoms with Crippen LogP contribution in [0.5, 0.6) is 0 Å². The number of carbonyl (C=O) groups is 2. The number of ether oxygens (including phenoxy) is 1. The number of allylic oxidation sites excluding steroid dienone is 1. The van der Waals surface area contributed by atoms with E-state index < -0.39 is 9.20 Å². The van der Waals surface area contributed by atoms with Crippen LogP contribution in [0.1, 0.15) is 13.8 Å². The van der Waals surface area contributed by atoms with Crippen molar-refractivity contribution in [2.45, 2.75) is 22.5 Å². The minimum atomic E-state index is -0.797. The molecule has 96 valence electrons. The van der Waals surface area contributed by atoms with E-state index in [4.69, 9.17) is 4.74 Å². The van der Waals surface area contributed by atoms with Gasteiger partial charge in [-0.3, -0.25) is 9.69 Å². The number of β-lactam (4-membered cyclic amide) rings is 1. The molecular formula is C10H13Br2NO3S. The minimum Gasteiger partial charge on any atom is -0.464 e. The summed E-state index contributed by atoms with van der Waals surface area (Å²) in [6, 6.07) is 0. The van der Waals surface area contributed by atoms with Crippen molar-refractivity contribution in [3.8, 4) is 0 Å². The van der Waals surface area contributed by atoms with Crippen molar-refractivity contribution in [2.24, 2.45) is 0 Å². The first-order chi connectivity index (χ1) is 7.78. The topological polar surface area (TPSA) is 46.6 Å². The molecule has 17 heavy (non-hydrogen) atoms. The molecule has 1 atom stereocenters. The van der Waals surface area contributed by atoms with Crippen LogP contribution >= 0.6 is 43.6 Å². The fraction of sp³-hybridized carbons (Fsp3) is 0.600. The highest BCUT2D eigenvalue weighted by Gasteiger charge is 2.60. The Hall–Kier alpha value is -0.0100. The zero-order valence-corrected chi connectivity index (χ0v) is 13.9. The Labute approximate surface area is 121 Å². The van der Waals surface area contributed by atoms with Gasteiger partial charge in [0.15, 0.2) is 3.23 Å². The molecule has 1 heterocycles. The first-order valence-electron chi connectivity index (χ1n) is 4.79. The summed E-state index contributed by atoms with van der Waals surface area (Å²) in [5, 5.41) is -0.181. The molecule has 1 aliphatic heterocycles. The van der Waals surface area contributed by atoms with Gasteiger partial charge in [-0.05, 0) is 25.7 Å². The van der Waals surface area contributed by atoms with E-state index in [0.717, 1.165) is 5.57 Å². The largest absolute Gasteiger partial charge is 0.464 e. The number of likely N-dealkylation sites (tertiary alicyclic amines) is 1. The van der Waals surface area contributed by atoms with Crippen molar-refractivity contribution in [1.82, 2.24) is 4.90 Å². The van der Waals surface area contributed by atoms with Crippen LogP contribution < -0.4 is 0 Å². The zero-order chi connectivity index (χ0) is 13.4. The number of rotatable bonds is 3. The van der Waals surface area contributed by atoms with Crippen LogP contribution in [-0.4, -0.2) is 38.7 Å². The first-order valence-corrected chi connectivity index (χ1v) is 7.66. The fourth-order valence-electron chi connectivity index (χ4n) is 1.58. The number of methoxy groups -OCH3 is 1. The number of hydrogen-bond donors (Lipinski definition) is 0. The van der Waals surface area contributed by atoms with Crippen LogP contribution in [0.4, 0.5) is 0 Å². The van der Waals surface area contributed by atoms with Crippen LogP contribution in [0.25, 0.3) is 0 Å². The molecule has 0 saturated carbocycles. The van der Waals surface area contributed by atoms with Gasteiger partial charge in [0, 0.05) is 0 Å². The predicted molar refractivity (Wildman–Crippen MR) is 75.1 cm³/mol. The average molecular weight is 387 g/mol. The van der Waals surface area contributed by atoms with Gasteiger partial charge in [-0.15, -0.1) is 11.8 Å². The quantitative estimate of drug-likeness (QED) is 0.323. The van der Waals surface area contributed by atoms with Gasteiger partial charge in [-0.25, -0.2) is 4.79 Å². The maximum Gasteiger partial charge on any atom is 0.354 e. The van der Waals surface area contributed by atoms with Crippen molar-refractivity contribution in [3.63, 3.8) is 0 Å². The monoisotopic (exact) mass is 385 g/mol. The van der Waals surface area contributed by atoms with Crippen molar-refractivity contribution in [3.05, 3.63) is 11.3 Å². The summed E-state index contributed by atoms with van der Waals surface area (Å²) in [6.07, 6.45) is 1.88. The lowest BCUT2D eigenvalue weighted by molar-refractivity contribution is -0.147. The van der Waals surface area contributed by atoms with Crippen molar-refractivity contribution >= 4 is 55.5 Å². The maximum atomic E-state index is 12.0. The van der Waals surface area contributed by atoms with Gasteiger partial charge < -0.3 is 4.74 Å². The molecule has 1 saturated heterocycles. The lowest BCUT2D eigenvalue weighted by Crippen LogP contribution is -2.66. The Morgan fingerprint density at radius 2 is 2.00 bits per heavy atom. The second-order valence-electron chi connectivity index (χ2n) is 3.73. The minimum absolute atomic E-state index is 0.181. The summed E-state index contributed by atoms with van der Waals surface area (Å²) in [6.45, 7) is 3.55. The lowest BCUT2D eigenvalue weighted by Gasteiger charge is -2.49. The molecule has 0 aromatic carbocycles. The molecule has 1 fully saturated rings. The Morgan fingerprint density at radius 3 is 2.35 bits per heavy atom. The van der Waals surface area contributed by atoms with Gasteiger partial charge in [0.05, 0.1) is 7.11 Å². The predicted octanol–water partition coefficient (Wildman–Crippen LogP) is 2.47. The van der Waals surface area contributed by atoms with E-state index in [0.29, 0.717) is 5.70 Å². The highest BCUT2D eigenvalue weighted by atomic mass is 79.9. The Balaban J connectivity index is 3.12. The van der Waals surface area contributed by atoms with Crippen molar-refractivity contribution in [1.29, 1.82) is 0 Å². The van der Waals surface area contributed by atoms with E-state index in [1.807, 2.05) is 6.26 Å². The molecule has 1 aliphatic rings. The molecule has 0 spiro atoms. The molecular weight excluding hydrogens is 374 g/mol. The molecule has 0 aliphatic carbocycles. The normalized spacial score (nSPS) is 21.9. The summed E-state index contributed by atoms with van der Waals surface area (Å²) in [7, 11) is 1.30. The first kappa shape index (κ1) is 15.0. The third-order valence-electron chi connectivity index (χ3n) is 2.37. The molecule has 0 bridgehead atoms. The summed E-state index contributed by atoms with van der Waals surface area (Å²) in [5.41, 5.74) is 1.06. The van der Waals surface area contributed by atoms with Gasteiger partial charge in [0.2, 0.25) is 0 Å². The summed E-state index contributed by atoms with van der Waals surface area (Å²) in [5.74, 6) is -0.689. The molecule has 4 nitrogen and oxygen atoms in total. The van der Waals surface area contributed by atoms with Gasteiger partial charge in [-0.2, -0.15) is 0 Å². The highest BCUT2D eigenvalue weighted by molar-refractivity contribution is 9.26. The van der Waals surface area contributed by atoms with Crippen LogP contribution in [0.2, 0.25) is 0 Å². The Kier molecular flexibility index (Phi) is 4.71. The van der Waals surface area contributed by atoms with E-state index in [1.165, 1.54) is 23.8 Å². The maximum absolute atomic E-state index is 12.0. The van der Waals surface area contributed by atoms with Gasteiger partial charge in [0.25, 0.3) is 5.91 Å². The van der Waals surface area contributed by atoms with E-state index in [1.54, 1.807) is 13.8 Å². The SMILES string of the molecule is COC(=O)C(=C(C)C)N1C(=O)C(Br)(Br)[C@@H]1SC. The molecule has 0 aromatic heterocycles. The third kappa shape index (κ3) is 2.42. The summed E-state index contributed by atoms with van der Waals surface area (Å²) >= 11 is 8.10. The van der Waals surface area contributed by atoms with E-state index in [2.05, 4.69) is 31.9 Å². The number of nitrogens with zero attached hydrogens (tertiary/aromatic N) is 1. The van der Waals surface area contributed by atoms with E-state index >= 15 is 0 Å². The number of esters is 1. The average Bonchev–Trinajstić information content (AvgIpc) is 2.26. The molecule has 1 rings (SSSR count). The van der Waals surface area contributed by atoms with Gasteiger partial charge in [0.1, 0.15) is 11.1 Å².